The Bertz CT molecular complexity index is 404. The van der Waals surface area contributed by atoms with Crippen LogP contribution in [0.4, 0.5) is 0 Å². The van der Waals surface area contributed by atoms with Crippen LogP contribution < -0.4 is 15.2 Å². The van der Waals surface area contributed by atoms with E-state index in [0.717, 1.165) is 37.0 Å². The maximum atomic E-state index is 6.05. The van der Waals surface area contributed by atoms with Gasteiger partial charge in [0.15, 0.2) is 0 Å². The summed E-state index contributed by atoms with van der Waals surface area (Å²) in [6, 6.07) is 7.77. The molecule has 0 amide bonds. The Labute approximate surface area is 122 Å². The van der Waals surface area contributed by atoms with E-state index < -0.39 is 0 Å². The third kappa shape index (κ3) is 3.89. The lowest BCUT2D eigenvalue weighted by Gasteiger charge is -2.39. The Morgan fingerprint density at radius 1 is 1.25 bits per heavy atom. The molecule has 3 nitrogen and oxygen atoms in total. The molecule has 2 unspecified atom stereocenters. The van der Waals surface area contributed by atoms with Gasteiger partial charge >= 0.3 is 0 Å². The van der Waals surface area contributed by atoms with E-state index in [1.54, 1.807) is 7.11 Å². The van der Waals surface area contributed by atoms with E-state index in [1.165, 1.54) is 25.7 Å². The molecule has 1 aliphatic rings. The van der Waals surface area contributed by atoms with E-state index in [0.29, 0.717) is 5.41 Å². The fourth-order valence-corrected chi connectivity index (χ4v) is 3.34. The summed E-state index contributed by atoms with van der Waals surface area (Å²) in [6.07, 6.45) is 6.21. The molecule has 0 heterocycles. The normalized spacial score (nSPS) is 26.2. The summed E-state index contributed by atoms with van der Waals surface area (Å²) < 4.78 is 11.0. The maximum Gasteiger partial charge on any atom is 0.119 e. The van der Waals surface area contributed by atoms with Crippen LogP contribution in [0.5, 0.6) is 11.5 Å². The molecule has 1 aromatic rings. The molecule has 1 aromatic carbocycles. The van der Waals surface area contributed by atoms with E-state index in [9.17, 15) is 0 Å². The van der Waals surface area contributed by atoms with Crippen molar-refractivity contribution in [2.45, 2.75) is 39.0 Å². The van der Waals surface area contributed by atoms with Crippen molar-refractivity contribution in [1.82, 2.24) is 0 Å². The van der Waals surface area contributed by atoms with E-state index in [1.807, 2.05) is 24.3 Å². The van der Waals surface area contributed by atoms with Crippen molar-refractivity contribution < 1.29 is 9.47 Å². The van der Waals surface area contributed by atoms with Crippen LogP contribution in [0.2, 0.25) is 0 Å². The topological polar surface area (TPSA) is 44.5 Å². The average Bonchev–Trinajstić information content (AvgIpc) is 2.48. The third-order valence-electron chi connectivity index (χ3n) is 4.58. The molecule has 0 aromatic heterocycles. The Morgan fingerprint density at radius 2 is 1.95 bits per heavy atom. The van der Waals surface area contributed by atoms with Gasteiger partial charge in [-0.05, 0) is 61.4 Å². The molecule has 0 saturated heterocycles. The monoisotopic (exact) mass is 277 g/mol. The number of rotatable bonds is 6. The van der Waals surface area contributed by atoms with Gasteiger partial charge in [-0.25, -0.2) is 0 Å². The molecule has 2 rings (SSSR count). The van der Waals surface area contributed by atoms with Crippen molar-refractivity contribution in [3.8, 4) is 11.5 Å². The summed E-state index contributed by atoms with van der Waals surface area (Å²) in [5.41, 5.74) is 6.34. The van der Waals surface area contributed by atoms with Gasteiger partial charge in [0.2, 0.25) is 0 Å². The van der Waals surface area contributed by atoms with Gasteiger partial charge in [-0.15, -0.1) is 0 Å². The fourth-order valence-electron chi connectivity index (χ4n) is 3.34. The highest BCUT2D eigenvalue weighted by Gasteiger charge is 2.33. The highest BCUT2D eigenvalue weighted by Crippen LogP contribution is 2.41. The van der Waals surface area contributed by atoms with Crippen LogP contribution in [-0.4, -0.2) is 20.3 Å². The van der Waals surface area contributed by atoms with Crippen molar-refractivity contribution in [1.29, 1.82) is 0 Å². The first-order chi connectivity index (χ1) is 9.67. The van der Waals surface area contributed by atoms with Crippen LogP contribution in [0, 0.1) is 11.3 Å². The number of benzene rings is 1. The molecule has 0 radical (unpaired) electrons. The molecular weight excluding hydrogens is 250 g/mol. The van der Waals surface area contributed by atoms with Gasteiger partial charge in [0.25, 0.3) is 0 Å². The van der Waals surface area contributed by atoms with Gasteiger partial charge in [-0.1, -0.05) is 19.8 Å². The van der Waals surface area contributed by atoms with Crippen LogP contribution in [0.1, 0.15) is 39.0 Å². The molecule has 2 atom stereocenters. The second-order valence-corrected chi connectivity index (χ2v) is 6.18. The molecule has 20 heavy (non-hydrogen) atoms. The van der Waals surface area contributed by atoms with Crippen molar-refractivity contribution >= 4 is 0 Å². The van der Waals surface area contributed by atoms with Crippen molar-refractivity contribution in [3.05, 3.63) is 24.3 Å². The molecule has 2 N–H and O–H groups in total. The van der Waals surface area contributed by atoms with Gasteiger partial charge in [0.05, 0.1) is 13.7 Å². The minimum atomic E-state index is 0.296. The first-order valence-corrected chi connectivity index (χ1v) is 7.64. The molecule has 1 saturated carbocycles. The van der Waals surface area contributed by atoms with Crippen LogP contribution in [-0.2, 0) is 0 Å². The zero-order valence-electron chi connectivity index (χ0n) is 12.7. The summed E-state index contributed by atoms with van der Waals surface area (Å²) in [5, 5.41) is 0. The number of nitrogens with two attached hydrogens (primary N) is 1. The van der Waals surface area contributed by atoms with Crippen molar-refractivity contribution in [3.63, 3.8) is 0 Å². The molecule has 0 bridgehead atoms. The third-order valence-corrected chi connectivity index (χ3v) is 4.58. The highest BCUT2D eigenvalue weighted by molar-refractivity contribution is 5.31. The molecule has 3 heteroatoms. The quantitative estimate of drug-likeness (QED) is 0.863. The highest BCUT2D eigenvalue weighted by atomic mass is 16.5. The smallest absolute Gasteiger partial charge is 0.119 e. The lowest BCUT2D eigenvalue weighted by molar-refractivity contribution is 0.116. The van der Waals surface area contributed by atoms with Crippen LogP contribution in [0.15, 0.2) is 24.3 Å². The summed E-state index contributed by atoms with van der Waals surface area (Å²) in [6.45, 7) is 3.87. The largest absolute Gasteiger partial charge is 0.497 e. The lowest BCUT2D eigenvalue weighted by atomic mass is 9.68. The van der Waals surface area contributed by atoms with Gasteiger partial charge in [0, 0.05) is 0 Å². The Balaban J connectivity index is 1.83. The second kappa shape index (κ2) is 6.98. The van der Waals surface area contributed by atoms with Crippen molar-refractivity contribution in [2.75, 3.05) is 20.3 Å². The molecule has 112 valence electrons. The first kappa shape index (κ1) is 15.2. The fraction of sp³-hybridized carbons (Fsp3) is 0.647. The number of hydrogen-bond donors (Lipinski definition) is 1. The predicted octanol–water partition coefficient (Wildman–Crippen LogP) is 3.62. The van der Waals surface area contributed by atoms with Crippen LogP contribution in [0.25, 0.3) is 0 Å². The summed E-state index contributed by atoms with van der Waals surface area (Å²) in [5.74, 6) is 2.56. The van der Waals surface area contributed by atoms with Crippen molar-refractivity contribution in [2.24, 2.45) is 17.1 Å². The maximum absolute atomic E-state index is 6.05. The zero-order valence-corrected chi connectivity index (χ0v) is 12.7. The van der Waals surface area contributed by atoms with Gasteiger partial charge in [-0.3, -0.25) is 0 Å². The van der Waals surface area contributed by atoms with Crippen LogP contribution in [0.3, 0.4) is 0 Å². The predicted molar refractivity (Wildman–Crippen MR) is 82.2 cm³/mol. The van der Waals surface area contributed by atoms with E-state index in [2.05, 4.69) is 6.92 Å². The standard InChI is InChI=1S/C17H27NO2/c1-14-4-3-9-17(12-14,13-18)10-11-20-16-7-5-15(19-2)6-8-16/h5-8,14H,3-4,9-13,18H2,1-2H3. The van der Waals surface area contributed by atoms with Gasteiger partial charge in [0.1, 0.15) is 11.5 Å². The Hall–Kier alpha value is -1.22. The number of methoxy groups -OCH3 is 1. The number of hydrogen-bond acceptors (Lipinski definition) is 3. The number of ether oxygens (including phenoxy) is 2. The van der Waals surface area contributed by atoms with Gasteiger partial charge in [-0.2, -0.15) is 0 Å². The van der Waals surface area contributed by atoms with E-state index in [4.69, 9.17) is 15.2 Å². The summed E-state index contributed by atoms with van der Waals surface area (Å²) >= 11 is 0. The molecule has 0 spiro atoms. The summed E-state index contributed by atoms with van der Waals surface area (Å²) in [7, 11) is 1.67. The second-order valence-electron chi connectivity index (χ2n) is 6.18. The van der Waals surface area contributed by atoms with E-state index >= 15 is 0 Å². The molecule has 1 fully saturated rings. The lowest BCUT2D eigenvalue weighted by Crippen LogP contribution is -2.36. The minimum absolute atomic E-state index is 0.296. The van der Waals surface area contributed by atoms with E-state index in [-0.39, 0.29) is 0 Å². The van der Waals surface area contributed by atoms with Crippen LogP contribution >= 0.6 is 0 Å². The molecular formula is C17H27NO2. The summed E-state index contributed by atoms with van der Waals surface area (Å²) in [4.78, 5) is 0. The molecule has 0 aliphatic heterocycles. The first-order valence-electron chi connectivity index (χ1n) is 7.64. The average molecular weight is 277 g/mol. The SMILES string of the molecule is COc1ccc(OCCC2(CN)CCCC(C)C2)cc1. The Kier molecular flexibility index (Phi) is 5.30. The van der Waals surface area contributed by atoms with Gasteiger partial charge < -0.3 is 15.2 Å². The Morgan fingerprint density at radius 3 is 2.55 bits per heavy atom. The molecule has 1 aliphatic carbocycles. The zero-order chi connectivity index (χ0) is 14.4. The minimum Gasteiger partial charge on any atom is -0.497 e.